The standard InChI is InChI=1S/C18H21N3O3/c1-12-4-6-15(7-5-12)20-13(2)18(23)21-19-11-14-10-16(24-3)8-9-17(14)22/h4-11,13,20,22H,1-3H3,(H,21,23)/b19-11-/t13-/m0/s1. The molecule has 2 aromatic rings. The molecule has 2 rings (SSSR count). The Morgan fingerprint density at radius 1 is 1.25 bits per heavy atom. The predicted octanol–water partition coefficient (Wildman–Crippen LogP) is 2.66. The molecule has 0 aliphatic carbocycles. The van der Waals surface area contributed by atoms with Gasteiger partial charge in [-0.3, -0.25) is 4.79 Å². The summed E-state index contributed by atoms with van der Waals surface area (Å²) in [6.07, 6.45) is 1.37. The number of carbonyl (C=O) groups is 1. The summed E-state index contributed by atoms with van der Waals surface area (Å²) in [6.45, 7) is 3.75. The number of phenolic OH excluding ortho intramolecular Hbond substituents is 1. The van der Waals surface area contributed by atoms with Crippen LogP contribution >= 0.6 is 0 Å². The molecule has 0 radical (unpaired) electrons. The normalized spacial score (nSPS) is 12.0. The monoisotopic (exact) mass is 327 g/mol. The Labute approximate surface area is 141 Å². The van der Waals surface area contributed by atoms with Crippen molar-refractivity contribution in [3.63, 3.8) is 0 Å². The Morgan fingerprint density at radius 2 is 1.96 bits per heavy atom. The number of anilines is 1. The quantitative estimate of drug-likeness (QED) is 0.563. The van der Waals surface area contributed by atoms with Gasteiger partial charge >= 0.3 is 0 Å². The minimum Gasteiger partial charge on any atom is -0.507 e. The highest BCUT2D eigenvalue weighted by molar-refractivity contribution is 5.88. The molecule has 0 fully saturated rings. The maximum absolute atomic E-state index is 12.0. The van der Waals surface area contributed by atoms with E-state index in [9.17, 15) is 9.90 Å². The van der Waals surface area contributed by atoms with Gasteiger partial charge in [-0.25, -0.2) is 5.43 Å². The van der Waals surface area contributed by atoms with Crippen LogP contribution in [0.3, 0.4) is 0 Å². The van der Waals surface area contributed by atoms with Crippen molar-refractivity contribution in [1.29, 1.82) is 0 Å². The number of nitrogens with one attached hydrogen (secondary N) is 2. The van der Waals surface area contributed by atoms with E-state index in [0.29, 0.717) is 11.3 Å². The molecule has 1 atom stereocenters. The van der Waals surface area contributed by atoms with Gasteiger partial charge in [0.05, 0.1) is 13.3 Å². The van der Waals surface area contributed by atoms with Gasteiger partial charge in [-0.2, -0.15) is 5.10 Å². The van der Waals surface area contributed by atoms with Crippen LogP contribution in [0.5, 0.6) is 11.5 Å². The van der Waals surface area contributed by atoms with Crippen molar-refractivity contribution in [3.05, 3.63) is 53.6 Å². The molecule has 0 unspecified atom stereocenters. The Morgan fingerprint density at radius 3 is 2.62 bits per heavy atom. The number of aromatic hydroxyl groups is 1. The van der Waals surface area contributed by atoms with Gasteiger partial charge in [-0.15, -0.1) is 0 Å². The fourth-order valence-electron chi connectivity index (χ4n) is 1.99. The molecule has 126 valence electrons. The molecular formula is C18H21N3O3. The Hall–Kier alpha value is -3.02. The maximum Gasteiger partial charge on any atom is 0.262 e. The SMILES string of the molecule is COc1ccc(O)c(/C=N\NC(=O)[C@H](C)Nc2ccc(C)cc2)c1. The number of ether oxygens (including phenoxy) is 1. The molecule has 0 heterocycles. The zero-order chi connectivity index (χ0) is 17.5. The summed E-state index contributed by atoms with van der Waals surface area (Å²) in [5, 5.41) is 16.7. The number of rotatable bonds is 6. The van der Waals surface area contributed by atoms with Crippen LogP contribution in [-0.4, -0.2) is 30.4 Å². The highest BCUT2D eigenvalue weighted by Gasteiger charge is 2.11. The topological polar surface area (TPSA) is 83.0 Å². The number of aryl methyl sites for hydroxylation is 1. The zero-order valence-electron chi connectivity index (χ0n) is 13.9. The van der Waals surface area contributed by atoms with Gasteiger partial charge in [-0.05, 0) is 44.2 Å². The third-order valence-corrected chi connectivity index (χ3v) is 3.44. The zero-order valence-corrected chi connectivity index (χ0v) is 13.9. The number of phenols is 1. The van der Waals surface area contributed by atoms with Gasteiger partial charge in [0.15, 0.2) is 0 Å². The van der Waals surface area contributed by atoms with Gasteiger partial charge in [-0.1, -0.05) is 17.7 Å². The van der Waals surface area contributed by atoms with Crippen molar-refractivity contribution in [1.82, 2.24) is 5.43 Å². The largest absolute Gasteiger partial charge is 0.507 e. The van der Waals surface area contributed by atoms with E-state index < -0.39 is 6.04 Å². The molecule has 24 heavy (non-hydrogen) atoms. The van der Waals surface area contributed by atoms with Gasteiger partial charge < -0.3 is 15.2 Å². The Balaban J connectivity index is 1.93. The van der Waals surface area contributed by atoms with Gasteiger partial charge in [0.2, 0.25) is 0 Å². The molecule has 0 saturated carbocycles. The number of hydrogen-bond acceptors (Lipinski definition) is 5. The first-order valence-electron chi connectivity index (χ1n) is 7.52. The van der Waals surface area contributed by atoms with Crippen molar-refractivity contribution in [2.45, 2.75) is 19.9 Å². The maximum atomic E-state index is 12.0. The second-order valence-electron chi connectivity index (χ2n) is 5.39. The summed E-state index contributed by atoms with van der Waals surface area (Å²) in [5.41, 5.74) is 4.91. The molecule has 0 aliphatic rings. The van der Waals surface area contributed by atoms with Gasteiger partial charge in [0, 0.05) is 11.3 Å². The number of benzene rings is 2. The first-order valence-corrected chi connectivity index (χ1v) is 7.52. The lowest BCUT2D eigenvalue weighted by Gasteiger charge is -2.13. The summed E-state index contributed by atoms with van der Waals surface area (Å²) in [5.74, 6) is 0.365. The third-order valence-electron chi connectivity index (χ3n) is 3.44. The van der Waals surface area contributed by atoms with E-state index in [0.717, 1.165) is 11.3 Å². The molecule has 0 aromatic heterocycles. The number of hydrogen-bond donors (Lipinski definition) is 3. The van der Waals surface area contributed by atoms with Gasteiger partial charge in [0.1, 0.15) is 17.5 Å². The fourth-order valence-corrected chi connectivity index (χ4v) is 1.99. The van der Waals surface area contributed by atoms with E-state index in [2.05, 4.69) is 15.8 Å². The van der Waals surface area contributed by atoms with Crippen LogP contribution in [-0.2, 0) is 4.79 Å². The predicted molar refractivity (Wildman–Crippen MR) is 94.7 cm³/mol. The van der Waals surface area contributed by atoms with Crippen molar-refractivity contribution >= 4 is 17.8 Å². The Bertz CT molecular complexity index is 727. The number of methoxy groups -OCH3 is 1. The van der Waals surface area contributed by atoms with Crippen LogP contribution in [0.25, 0.3) is 0 Å². The van der Waals surface area contributed by atoms with E-state index in [1.54, 1.807) is 19.1 Å². The average molecular weight is 327 g/mol. The number of amides is 1. The van der Waals surface area contributed by atoms with Crippen molar-refractivity contribution in [2.24, 2.45) is 5.10 Å². The lowest BCUT2D eigenvalue weighted by Crippen LogP contribution is -2.34. The minimum atomic E-state index is -0.455. The van der Waals surface area contributed by atoms with Crippen LogP contribution < -0.4 is 15.5 Å². The van der Waals surface area contributed by atoms with Crippen molar-refractivity contribution in [2.75, 3.05) is 12.4 Å². The van der Waals surface area contributed by atoms with Gasteiger partial charge in [0.25, 0.3) is 5.91 Å². The molecule has 6 heteroatoms. The van der Waals surface area contributed by atoms with E-state index >= 15 is 0 Å². The summed E-state index contributed by atoms with van der Waals surface area (Å²) in [7, 11) is 1.54. The second-order valence-corrected chi connectivity index (χ2v) is 5.39. The first kappa shape index (κ1) is 17.3. The lowest BCUT2D eigenvalue weighted by molar-refractivity contribution is -0.121. The summed E-state index contributed by atoms with van der Waals surface area (Å²) in [6, 6.07) is 12.1. The highest BCUT2D eigenvalue weighted by atomic mass is 16.5. The van der Waals surface area contributed by atoms with E-state index in [1.165, 1.54) is 19.4 Å². The molecule has 3 N–H and O–H groups in total. The van der Waals surface area contributed by atoms with Crippen molar-refractivity contribution < 1.29 is 14.6 Å². The third kappa shape index (κ3) is 4.74. The van der Waals surface area contributed by atoms with E-state index in [1.807, 2.05) is 31.2 Å². The molecule has 0 aliphatic heterocycles. The molecular weight excluding hydrogens is 306 g/mol. The summed E-state index contributed by atoms with van der Waals surface area (Å²) >= 11 is 0. The highest BCUT2D eigenvalue weighted by Crippen LogP contribution is 2.20. The molecule has 0 spiro atoms. The minimum absolute atomic E-state index is 0.0552. The average Bonchev–Trinajstić information content (AvgIpc) is 2.58. The smallest absolute Gasteiger partial charge is 0.262 e. The lowest BCUT2D eigenvalue weighted by atomic mass is 10.2. The second kappa shape index (κ2) is 8.01. The molecule has 0 bridgehead atoms. The van der Waals surface area contributed by atoms with Crippen LogP contribution in [0.2, 0.25) is 0 Å². The molecule has 1 amide bonds. The fraction of sp³-hybridized carbons (Fsp3) is 0.222. The Kier molecular flexibility index (Phi) is 5.78. The van der Waals surface area contributed by atoms with Crippen LogP contribution in [0.4, 0.5) is 5.69 Å². The summed E-state index contributed by atoms with van der Waals surface area (Å²) in [4.78, 5) is 12.0. The van der Waals surface area contributed by atoms with Crippen LogP contribution in [0, 0.1) is 6.92 Å². The summed E-state index contributed by atoms with van der Waals surface area (Å²) < 4.78 is 5.08. The number of carbonyl (C=O) groups excluding carboxylic acids is 1. The molecule has 2 aromatic carbocycles. The van der Waals surface area contributed by atoms with Crippen molar-refractivity contribution in [3.8, 4) is 11.5 Å². The number of nitrogens with zero attached hydrogens (tertiary/aromatic N) is 1. The molecule has 6 nitrogen and oxygen atoms in total. The number of hydrazone groups is 1. The van der Waals surface area contributed by atoms with E-state index in [-0.39, 0.29) is 11.7 Å². The van der Waals surface area contributed by atoms with E-state index in [4.69, 9.17) is 4.74 Å². The van der Waals surface area contributed by atoms with Crippen LogP contribution in [0.15, 0.2) is 47.6 Å². The van der Waals surface area contributed by atoms with Crippen LogP contribution in [0.1, 0.15) is 18.1 Å². The first-order chi connectivity index (χ1) is 11.5. The molecule has 0 saturated heterocycles.